The lowest BCUT2D eigenvalue weighted by Crippen LogP contribution is -2.25. The predicted octanol–water partition coefficient (Wildman–Crippen LogP) is 6.58. The third kappa shape index (κ3) is 4.04. The first-order chi connectivity index (χ1) is 11.1. The average molecular weight is 369 g/mol. The van der Waals surface area contributed by atoms with Gasteiger partial charge >= 0.3 is 0 Å². The molecule has 2 fully saturated rings. The molecule has 1 aromatic heterocycles. The summed E-state index contributed by atoms with van der Waals surface area (Å²) in [6.45, 7) is 10.0. The molecule has 0 aromatic carbocycles. The Kier molecular flexibility index (Phi) is 6.62. The van der Waals surface area contributed by atoms with Gasteiger partial charge in [-0.15, -0.1) is 11.3 Å². The zero-order chi connectivity index (χ0) is 16.4. The van der Waals surface area contributed by atoms with E-state index in [1.165, 1.54) is 64.2 Å². The molecule has 23 heavy (non-hydrogen) atoms. The minimum absolute atomic E-state index is 0.0320. The third-order valence-corrected chi connectivity index (χ3v) is 10.5. The number of hydrogen-bond donors (Lipinski definition) is 0. The Morgan fingerprint density at radius 1 is 0.609 bits per heavy atom. The molecule has 2 aliphatic rings. The molecule has 130 valence electrons. The molecule has 0 aliphatic heterocycles. The lowest BCUT2D eigenvalue weighted by molar-refractivity contribution is 0.448. The van der Waals surface area contributed by atoms with E-state index in [0.29, 0.717) is 0 Å². The van der Waals surface area contributed by atoms with Crippen molar-refractivity contribution < 1.29 is 0 Å². The minimum Gasteiger partial charge on any atom is -0.143 e. The zero-order valence-corrected chi connectivity index (χ0v) is 18.1. The number of hydrogen-bond acceptors (Lipinski definition) is 1. The zero-order valence-electron chi connectivity index (χ0n) is 15.5. The summed E-state index contributed by atoms with van der Waals surface area (Å²) in [5, 5.41) is 3.74. The topological polar surface area (TPSA) is 0 Å². The van der Waals surface area contributed by atoms with E-state index in [1.54, 1.807) is 0 Å². The molecule has 0 atom stereocenters. The smallest absolute Gasteiger partial charge is 0.0162 e. The molecule has 0 unspecified atom stereocenters. The van der Waals surface area contributed by atoms with Crippen molar-refractivity contribution in [1.82, 2.24) is 0 Å². The Labute approximate surface area is 150 Å². The summed E-state index contributed by atoms with van der Waals surface area (Å²) in [5.41, 5.74) is 0. The van der Waals surface area contributed by atoms with Crippen LogP contribution in [-0.2, 0) is 0 Å². The summed E-state index contributed by atoms with van der Waals surface area (Å²) in [4.78, 5) is 3.71. The van der Waals surface area contributed by atoms with Gasteiger partial charge in [0, 0.05) is 9.75 Å². The van der Waals surface area contributed by atoms with Gasteiger partial charge in [0.15, 0.2) is 0 Å². The Bertz CT molecular complexity index is 461. The van der Waals surface area contributed by atoms with Gasteiger partial charge in [-0.3, -0.25) is 0 Å². The van der Waals surface area contributed by atoms with Crippen LogP contribution in [0.4, 0.5) is 0 Å². The summed E-state index contributed by atoms with van der Waals surface area (Å²) in [5.74, 6) is 1.80. The lowest BCUT2D eigenvalue weighted by Gasteiger charge is -2.24. The Hall–Kier alpha value is 0.560. The van der Waals surface area contributed by atoms with Crippen LogP contribution in [0.1, 0.15) is 85.8 Å². The summed E-state index contributed by atoms with van der Waals surface area (Å²) in [6, 6.07) is 0. The molecule has 0 bridgehead atoms. The Morgan fingerprint density at radius 3 is 1.26 bits per heavy atom. The fourth-order valence-electron chi connectivity index (χ4n) is 4.60. The molecule has 2 aliphatic carbocycles. The van der Waals surface area contributed by atoms with Crippen molar-refractivity contribution in [2.45, 2.75) is 76.0 Å². The van der Waals surface area contributed by atoms with Gasteiger partial charge in [0.1, 0.15) is 0 Å². The molecule has 2 saturated carbocycles. The average Bonchev–Trinajstić information content (AvgIpc) is 2.97. The summed E-state index contributed by atoms with van der Waals surface area (Å²) >= 11 is 2.29. The molecule has 3 rings (SSSR count). The second-order valence-electron chi connectivity index (χ2n) is 7.99. The highest BCUT2D eigenvalue weighted by Crippen LogP contribution is 2.47. The Balaban J connectivity index is 2.03. The van der Waals surface area contributed by atoms with E-state index in [0.717, 1.165) is 11.8 Å². The molecule has 0 radical (unpaired) electrons. The van der Waals surface area contributed by atoms with Gasteiger partial charge in [0.25, 0.3) is 0 Å². The van der Waals surface area contributed by atoms with Crippen LogP contribution in [0.2, 0.25) is 0 Å². The van der Waals surface area contributed by atoms with Crippen molar-refractivity contribution in [3.8, 4) is 0 Å². The van der Waals surface area contributed by atoms with E-state index in [4.69, 9.17) is 0 Å². The van der Waals surface area contributed by atoms with Crippen LogP contribution in [-0.4, -0.2) is 26.7 Å². The van der Waals surface area contributed by atoms with Crippen molar-refractivity contribution in [3.05, 3.63) is 9.75 Å². The van der Waals surface area contributed by atoms with Crippen LogP contribution in [0.25, 0.3) is 0 Å². The lowest BCUT2D eigenvalue weighted by atomic mass is 9.87. The van der Waals surface area contributed by atoms with E-state index in [2.05, 4.69) is 38.0 Å². The van der Waals surface area contributed by atoms with Gasteiger partial charge in [-0.2, -0.15) is 0 Å². The van der Waals surface area contributed by atoms with Crippen molar-refractivity contribution in [2.75, 3.05) is 26.7 Å². The highest BCUT2D eigenvalue weighted by Gasteiger charge is 2.31. The quantitative estimate of drug-likeness (QED) is 0.527. The van der Waals surface area contributed by atoms with Gasteiger partial charge < -0.3 is 0 Å². The fraction of sp³-hybridized carbons (Fsp3) is 0.800. The van der Waals surface area contributed by atoms with E-state index >= 15 is 0 Å². The van der Waals surface area contributed by atoms with Crippen LogP contribution in [0, 0.1) is 0 Å². The van der Waals surface area contributed by atoms with Crippen LogP contribution < -0.4 is 10.6 Å². The number of thiophene rings is 1. The standard InChI is InChI=1S/C20H34P2S/c1-21(2)17-18(22(3)4)20(16-13-9-6-10-14-16)23-19(17)15-11-7-5-8-12-15/h15-16H,5-14H2,1-4H3. The minimum atomic E-state index is 0.0320. The van der Waals surface area contributed by atoms with E-state index in [9.17, 15) is 0 Å². The van der Waals surface area contributed by atoms with Crippen LogP contribution in [0.5, 0.6) is 0 Å². The van der Waals surface area contributed by atoms with Crippen molar-refractivity contribution in [2.24, 2.45) is 0 Å². The molecule has 1 aromatic rings. The number of rotatable bonds is 4. The molecular formula is C20H34P2S. The summed E-state index contributed by atoms with van der Waals surface area (Å²) < 4.78 is 0. The van der Waals surface area contributed by atoms with Gasteiger partial charge in [0.2, 0.25) is 0 Å². The maximum Gasteiger partial charge on any atom is 0.0162 e. The maximum atomic E-state index is 2.51. The van der Waals surface area contributed by atoms with Crippen molar-refractivity contribution in [1.29, 1.82) is 0 Å². The predicted molar refractivity (Wildman–Crippen MR) is 113 cm³/mol. The largest absolute Gasteiger partial charge is 0.143 e. The molecule has 0 saturated heterocycles. The van der Waals surface area contributed by atoms with E-state index < -0.39 is 0 Å². The Morgan fingerprint density at radius 2 is 0.957 bits per heavy atom. The van der Waals surface area contributed by atoms with E-state index in [-0.39, 0.29) is 15.8 Å². The molecule has 0 N–H and O–H groups in total. The van der Waals surface area contributed by atoms with Crippen molar-refractivity contribution >= 4 is 37.8 Å². The van der Waals surface area contributed by atoms with Gasteiger partial charge in [-0.05, 0) is 74.8 Å². The summed E-state index contributed by atoms with van der Waals surface area (Å²) in [6.07, 6.45) is 14.7. The summed E-state index contributed by atoms with van der Waals surface area (Å²) in [7, 11) is 0.0640. The van der Waals surface area contributed by atoms with Gasteiger partial charge in [-0.1, -0.05) is 54.4 Å². The van der Waals surface area contributed by atoms with Crippen molar-refractivity contribution in [3.63, 3.8) is 0 Å². The third-order valence-electron chi connectivity index (χ3n) is 5.76. The first kappa shape index (κ1) is 18.4. The van der Waals surface area contributed by atoms with E-state index in [1.807, 2.05) is 20.4 Å². The fourth-order valence-corrected chi connectivity index (χ4v) is 11.1. The molecule has 0 spiro atoms. The first-order valence-corrected chi connectivity index (χ1v) is 14.9. The highest BCUT2D eigenvalue weighted by atomic mass is 32.1. The van der Waals surface area contributed by atoms with Crippen LogP contribution in [0.3, 0.4) is 0 Å². The second kappa shape index (κ2) is 8.29. The maximum absolute atomic E-state index is 2.51. The van der Waals surface area contributed by atoms with Crippen LogP contribution in [0.15, 0.2) is 0 Å². The molecule has 0 amide bonds. The SMILES string of the molecule is CP(C)c1c(C2CCCCC2)sc(C2CCCCC2)c1P(C)C. The van der Waals surface area contributed by atoms with Crippen LogP contribution >= 0.6 is 27.2 Å². The normalized spacial score (nSPS) is 21.5. The molecular weight excluding hydrogens is 334 g/mol. The van der Waals surface area contributed by atoms with Gasteiger partial charge in [0.05, 0.1) is 0 Å². The first-order valence-electron chi connectivity index (χ1n) is 9.60. The molecule has 3 heteroatoms. The molecule has 1 heterocycles. The molecule has 0 nitrogen and oxygen atoms in total. The van der Waals surface area contributed by atoms with Gasteiger partial charge in [-0.25, -0.2) is 0 Å². The monoisotopic (exact) mass is 368 g/mol. The highest BCUT2D eigenvalue weighted by molar-refractivity contribution is 7.71. The second-order valence-corrected chi connectivity index (χ2v) is 13.5.